The molecule has 1 aliphatic heterocycles. The summed E-state index contributed by atoms with van der Waals surface area (Å²) >= 11 is 0. The minimum Gasteiger partial charge on any atom is -0.351 e. The minimum atomic E-state index is -0.798. The summed E-state index contributed by atoms with van der Waals surface area (Å²) in [6, 6.07) is -1.11. The molecule has 1 fully saturated rings. The third-order valence-corrected chi connectivity index (χ3v) is 3.16. The first-order chi connectivity index (χ1) is 7.54. The number of hydrogen-bond acceptors (Lipinski definition) is 4. The van der Waals surface area contributed by atoms with Gasteiger partial charge in [0.15, 0.2) is 0 Å². The van der Waals surface area contributed by atoms with E-state index in [1.807, 2.05) is 4.90 Å². The zero-order chi connectivity index (χ0) is 12.1. The van der Waals surface area contributed by atoms with Crippen molar-refractivity contribution in [3.8, 4) is 0 Å². The van der Waals surface area contributed by atoms with Crippen molar-refractivity contribution in [1.29, 1.82) is 0 Å². The van der Waals surface area contributed by atoms with E-state index in [1.54, 1.807) is 6.92 Å². The number of nitrogens with zero attached hydrogens (tertiary/aromatic N) is 1. The van der Waals surface area contributed by atoms with E-state index in [4.69, 9.17) is 11.5 Å². The van der Waals surface area contributed by atoms with Crippen LogP contribution in [0.3, 0.4) is 0 Å². The fraction of sp³-hybridized carbons (Fsp3) is 0.800. The number of rotatable bonds is 3. The van der Waals surface area contributed by atoms with E-state index in [0.717, 1.165) is 25.9 Å². The topological polar surface area (TPSA) is 101 Å². The van der Waals surface area contributed by atoms with E-state index in [9.17, 15) is 9.59 Å². The highest BCUT2D eigenvalue weighted by Gasteiger charge is 2.26. The van der Waals surface area contributed by atoms with Crippen molar-refractivity contribution in [1.82, 2.24) is 10.2 Å². The van der Waals surface area contributed by atoms with Gasteiger partial charge in [-0.05, 0) is 45.3 Å². The van der Waals surface area contributed by atoms with Crippen LogP contribution in [0.25, 0.3) is 0 Å². The van der Waals surface area contributed by atoms with E-state index in [1.165, 1.54) is 0 Å². The number of urea groups is 1. The fourth-order valence-electron chi connectivity index (χ4n) is 1.97. The lowest BCUT2D eigenvalue weighted by atomic mass is 9.96. The number of likely N-dealkylation sites (tertiary alicyclic amines) is 1. The van der Waals surface area contributed by atoms with Crippen molar-refractivity contribution in [2.24, 2.45) is 17.4 Å². The molecule has 3 amide bonds. The molecule has 0 radical (unpaired) electrons. The van der Waals surface area contributed by atoms with Crippen molar-refractivity contribution in [2.45, 2.75) is 25.8 Å². The normalized spacial score (nSPS) is 19.2. The molecule has 5 N–H and O–H groups in total. The lowest BCUT2D eigenvalue weighted by molar-refractivity contribution is -0.125. The molecule has 17 heavy (non-hydrogen) atoms. The molecule has 0 aromatic rings. The van der Waals surface area contributed by atoms with Crippen molar-refractivity contribution < 1.29 is 9.59 Å². The van der Waals surface area contributed by atoms with Crippen LogP contribution in [0.1, 0.15) is 19.8 Å². The molecule has 0 saturated carbocycles. The Balaban J connectivity index is 0.00000256. The highest BCUT2D eigenvalue weighted by atomic mass is 35.5. The van der Waals surface area contributed by atoms with Gasteiger partial charge < -0.3 is 11.5 Å². The second kappa shape index (κ2) is 7.47. The highest BCUT2D eigenvalue weighted by molar-refractivity contribution is 5.96. The lowest BCUT2D eigenvalue weighted by Crippen LogP contribution is -2.51. The minimum absolute atomic E-state index is 0. The first kappa shape index (κ1) is 16.1. The number of amides is 3. The molecule has 1 atom stereocenters. The summed E-state index contributed by atoms with van der Waals surface area (Å²) in [5.41, 5.74) is 10.5. The molecule has 7 heteroatoms. The molecule has 0 spiro atoms. The number of imide groups is 1. The SMILES string of the molecule is CC(C(=O)NC(N)=O)N1CCC(CN)CC1.Cl. The van der Waals surface area contributed by atoms with E-state index in [-0.39, 0.29) is 24.4 Å². The van der Waals surface area contributed by atoms with E-state index in [2.05, 4.69) is 5.32 Å². The number of nitrogens with one attached hydrogen (secondary N) is 1. The Labute approximate surface area is 107 Å². The first-order valence-corrected chi connectivity index (χ1v) is 5.59. The Kier molecular flexibility index (Phi) is 7.10. The molecule has 1 saturated heterocycles. The molecule has 1 rings (SSSR count). The van der Waals surface area contributed by atoms with Gasteiger partial charge in [0.05, 0.1) is 6.04 Å². The molecule has 1 unspecified atom stereocenters. The van der Waals surface area contributed by atoms with E-state index < -0.39 is 6.03 Å². The molecule has 1 heterocycles. The zero-order valence-corrected chi connectivity index (χ0v) is 10.8. The highest BCUT2D eigenvalue weighted by Crippen LogP contribution is 2.17. The van der Waals surface area contributed by atoms with Gasteiger partial charge in [-0.2, -0.15) is 0 Å². The standard InChI is InChI=1S/C10H20N4O2.ClH/c1-7(9(15)13-10(12)16)14-4-2-8(6-11)3-5-14;/h7-8H,2-6,11H2,1H3,(H3,12,13,15,16);1H. The molecule has 0 aromatic heterocycles. The van der Waals surface area contributed by atoms with Crippen molar-refractivity contribution in [3.63, 3.8) is 0 Å². The third-order valence-electron chi connectivity index (χ3n) is 3.16. The van der Waals surface area contributed by atoms with Crippen molar-refractivity contribution in [2.75, 3.05) is 19.6 Å². The van der Waals surface area contributed by atoms with Crippen LogP contribution < -0.4 is 16.8 Å². The predicted molar refractivity (Wildman–Crippen MR) is 67.8 cm³/mol. The smallest absolute Gasteiger partial charge is 0.318 e. The molecule has 0 aliphatic carbocycles. The first-order valence-electron chi connectivity index (χ1n) is 5.59. The average Bonchev–Trinajstić information content (AvgIpc) is 2.27. The summed E-state index contributed by atoms with van der Waals surface area (Å²) < 4.78 is 0. The molecular formula is C10H21ClN4O2. The lowest BCUT2D eigenvalue weighted by Gasteiger charge is -2.34. The quantitative estimate of drug-likeness (QED) is 0.649. The van der Waals surface area contributed by atoms with E-state index in [0.29, 0.717) is 12.5 Å². The second-order valence-electron chi connectivity index (χ2n) is 4.24. The average molecular weight is 265 g/mol. The molecule has 0 aromatic carbocycles. The van der Waals surface area contributed by atoms with Crippen LogP contribution in [0.5, 0.6) is 0 Å². The van der Waals surface area contributed by atoms with Gasteiger partial charge in [0.25, 0.3) is 0 Å². The van der Waals surface area contributed by atoms with Crippen molar-refractivity contribution in [3.05, 3.63) is 0 Å². The Morgan fingerprint density at radius 1 is 1.41 bits per heavy atom. The number of piperidine rings is 1. The van der Waals surface area contributed by atoms with Crippen LogP contribution in [0.4, 0.5) is 4.79 Å². The van der Waals surface area contributed by atoms with E-state index >= 15 is 0 Å². The van der Waals surface area contributed by atoms with Gasteiger partial charge in [-0.3, -0.25) is 15.0 Å². The van der Waals surface area contributed by atoms with Gasteiger partial charge in [0.2, 0.25) is 5.91 Å². The maximum Gasteiger partial charge on any atom is 0.318 e. The summed E-state index contributed by atoms with van der Waals surface area (Å²) in [6.07, 6.45) is 2.01. The third kappa shape index (κ3) is 4.89. The molecular weight excluding hydrogens is 244 g/mol. The number of primary amides is 1. The summed E-state index contributed by atoms with van der Waals surface area (Å²) in [4.78, 5) is 24.1. The van der Waals surface area contributed by atoms with Gasteiger partial charge >= 0.3 is 6.03 Å². The van der Waals surface area contributed by atoms with Crippen LogP contribution >= 0.6 is 12.4 Å². The van der Waals surface area contributed by atoms with Gasteiger partial charge in [-0.15, -0.1) is 12.4 Å². The molecule has 6 nitrogen and oxygen atoms in total. The Bertz CT molecular complexity index is 267. The second-order valence-corrected chi connectivity index (χ2v) is 4.24. The fourth-order valence-corrected chi connectivity index (χ4v) is 1.97. The zero-order valence-electron chi connectivity index (χ0n) is 10.0. The van der Waals surface area contributed by atoms with Gasteiger partial charge in [0, 0.05) is 0 Å². The Morgan fingerprint density at radius 2 is 1.94 bits per heavy atom. The summed E-state index contributed by atoms with van der Waals surface area (Å²) in [5.74, 6) is 0.223. The summed E-state index contributed by atoms with van der Waals surface area (Å²) in [6.45, 7) is 4.17. The van der Waals surface area contributed by atoms with Crippen molar-refractivity contribution >= 4 is 24.3 Å². The van der Waals surface area contributed by atoms with Crippen LogP contribution in [0, 0.1) is 5.92 Å². The number of nitrogens with two attached hydrogens (primary N) is 2. The molecule has 0 bridgehead atoms. The summed E-state index contributed by atoms with van der Waals surface area (Å²) in [5, 5.41) is 2.10. The maximum absolute atomic E-state index is 11.5. The molecule has 1 aliphatic rings. The van der Waals surface area contributed by atoms with Gasteiger partial charge in [-0.25, -0.2) is 4.79 Å². The van der Waals surface area contributed by atoms with Gasteiger partial charge in [-0.1, -0.05) is 0 Å². The van der Waals surface area contributed by atoms with Gasteiger partial charge in [0.1, 0.15) is 0 Å². The van der Waals surface area contributed by atoms with Crippen LogP contribution in [-0.4, -0.2) is 42.5 Å². The number of carbonyl (C=O) groups is 2. The number of carbonyl (C=O) groups excluding carboxylic acids is 2. The number of halogens is 1. The predicted octanol–water partition coefficient (Wildman–Crippen LogP) is -0.338. The van der Waals surface area contributed by atoms with Crippen LogP contribution in [-0.2, 0) is 4.79 Å². The largest absolute Gasteiger partial charge is 0.351 e. The monoisotopic (exact) mass is 264 g/mol. The summed E-state index contributed by atoms with van der Waals surface area (Å²) in [7, 11) is 0. The number of hydrogen-bond donors (Lipinski definition) is 3. The van der Waals surface area contributed by atoms with Crippen LogP contribution in [0.2, 0.25) is 0 Å². The Morgan fingerprint density at radius 3 is 2.35 bits per heavy atom. The molecule has 100 valence electrons. The maximum atomic E-state index is 11.5. The Hall–Kier alpha value is -0.850. The van der Waals surface area contributed by atoms with Crippen LogP contribution in [0.15, 0.2) is 0 Å².